The van der Waals surface area contributed by atoms with Crippen molar-refractivity contribution >= 4 is 29.6 Å². The Balaban J connectivity index is 2.20. The molecule has 10 heteroatoms. The highest BCUT2D eigenvalue weighted by Crippen LogP contribution is 2.37. The van der Waals surface area contributed by atoms with E-state index in [-0.39, 0.29) is 18.2 Å². The van der Waals surface area contributed by atoms with Gasteiger partial charge in [0.1, 0.15) is 18.0 Å². The molecular formula is C21H25N5O4S. The van der Waals surface area contributed by atoms with Gasteiger partial charge in [-0.15, -0.1) is 0 Å². The highest BCUT2D eigenvalue weighted by Gasteiger charge is 2.19. The number of nitrogens with zero attached hydrogens (tertiary/aromatic N) is 3. The van der Waals surface area contributed by atoms with E-state index < -0.39 is 5.97 Å². The monoisotopic (exact) mass is 443 g/mol. The first kappa shape index (κ1) is 22.2. The maximum atomic E-state index is 11.2. The van der Waals surface area contributed by atoms with Gasteiger partial charge in [-0.3, -0.25) is 14.5 Å². The molecule has 0 aliphatic carbocycles. The Hall–Kier alpha value is -3.53. The minimum absolute atomic E-state index is 0.0759. The predicted molar refractivity (Wildman–Crippen MR) is 122 cm³/mol. The number of ether oxygens (including phenoxy) is 1. The maximum absolute atomic E-state index is 11.2. The second kappa shape index (κ2) is 8.68. The molecule has 2 aromatic carbocycles. The van der Waals surface area contributed by atoms with Crippen LogP contribution in [-0.4, -0.2) is 51.6 Å². The average molecular weight is 444 g/mol. The molecule has 0 bridgehead atoms. The average Bonchev–Trinajstić information content (AvgIpc) is 3.07. The molecule has 0 fully saturated rings. The molecule has 0 spiro atoms. The van der Waals surface area contributed by atoms with Crippen LogP contribution in [0.1, 0.15) is 25.3 Å². The predicted octanol–water partition coefficient (Wildman–Crippen LogP) is 3.54. The van der Waals surface area contributed by atoms with Crippen LogP contribution in [-0.2, 0) is 4.79 Å². The van der Waals surface area contributed by atoms with Gasteiger partial charge in [0.2, 0.25) is 0 Å². The summed E-state index contributed by atoms with van der Waals surface area (Å²) < 4.78 is 7.45. The number of aromatic nitrogens is 3. The zero-order chi connectivity index (χ0) is 22.9. The van der Waals surface area contributed by atoms with Gasteiger partial charge in [0, 0.05) is 24.4 Å². The van der Waals surface area contributed by atoms with E-state index in [2.05, 4.69) is 10.2 Å². The standard InChI is InChI=1S/C21H25N5O4S/c1-11(2)13-8-14(15(22)9-17(13)27)20-23-24-21(31)26(20)12-5-6-18(30-4)16(7-12)25(3)10-19(28)29/h5-9,11,27H,10,22H2,1-4H3,(H,24,31)(H,28,29). The number of benzene rings is 2. The van der Waals surface area contributed by atoms with Crippen LogP contribution < -0.4 is 15.4 Å². The lowest BCUT2D eigenvalue weighted by atomic mass is 9.98. The molecule has 0 aliphatic heterocycles. The summed E-state index contributed by atoms with van der Waals surface area (Å²) in [4.78, 5) is 12.8. The van der Waals surface area contributed by atoms with E-state index in [0.29, 0.717) is 39.0 Å². The highest BCUT2D eigenvalue weighted by atomic mass is 32.1. The van der Waals surface area contributed by atoms with Crippen molar-refractivity contribution in [2.45, 2.75) is 19.8 Å². The number of aromatic amines is 1. The fourth-order valence-corrected chi connectivity index (χ4v) is 3.64. The van der Waals surface area contributed by atoms with Gasteiger partial charge in [-0.2, -0.15) is 5.10 Å². The normalized spacial score (nSPS) is 11.0. The SMILES string of the molecule is COc1ccc(-n2c(-c3cc(C(C)C)c(O)cc3N)n[nH]c2=S)cc1N(C)CC(=O)O. The third kappa shape index (κ3) is 4.33. The summed E-state index contributed by atoms with van der Waals surface area (Å²) in [7, 11) is 3.19. The second-order valence-corrected chi connectivity index (χ2v) is 7.83. The van der Waals surface area contributed by atoms with Crippen molar-refractivity contribution in [1.29, 1.82) is 0 Å². The number of methoxy groups -OCH3 is 1. The quantitative estimate of drug-likeness (QED) is 0.322. The van der Waals surface area contributed by atoms with Gasteiger partial charge in [-0.25, -0.2) is 0 Å². The molecule has 0 saturated heterocycles. The third-order valence-electron chi connectivity index (χ3n) is 4.94. The molecule has 9 nitrogen and oxygen atoms in total. The van der Waals surface area contributed by atoms with E-state index in [0.717, 1.165) is 5.56 Å². The van der Waals surface area contributed by atoms with Crippen molar-refractivity contribution in [1.82, 2.24) is 14.8 Å². The molecule has 0 unspecified atom stereocenters. The topological polar surface area (TPSA) is 130 Å². The minimum atomic E-state index is -0.964. The first-order chi connectivity index (χ1) is 14.6. The van der Waals surface area contributed by atoms with Crippen LogP contribution in [0.15, 0.2) is 30.3 Å². The number of H-pyrrole nitrogens is 1. The van der Waals surface area contributed by atoms with Crippen LogP contribution in [0.4, 0.5) is 11.4 Å². The number of aliphatic carboxylic acids is 1. The van der Waals surface area contributed by atoms with Gasteiger partial charge in [-0.1, -0.05) is 13.8 Å². The maximum Gasteiger partial charge on any atom is 0.323 e. The van der Waals surface area contributed by atoms with Gasteiger partial charge in [0.15, 0.2) is 10.6 Å². The summed E-state index contributed by atoms with van der Waals surface area (Å²) in [6, 6.07) is 8.62. The Kier molecular flexibility index (Phi) is 6.21. The first-order valence-corrected chi connectivity index (χ1v) is 9.96. The largest absolute Gasteiger partial charge is 0.508 e. The van der Waals surface area contributed by atoms with Crippen LogP contribution in [0.25, 0.3) is 17.1 Å². The number of likely N-dealkylation sites (N-methyl/N-ethyl adjacent to an activating group) is 1. The first-order valence-electron chi connectivity index (χ1n) is 9.55. The smallest absolute Gasteiger partial charge is 0.323 e. The third-order valence-corrected chi connectivity index (χ3v) is 5.21. The van der Waals surface area contributed by atoms with E-state index in [1.807, 2.05) is 13.8 Å². The van der Waals surface area contributed by atoms with Crippen molar-refractivity contribution in [3.05, 3.63) is 40.7 Å². The van der Waals surface area contributed by atoms with Crippen molar-refractivity contribution in [3.8, 4) is 28.6 Å². The molecule has 1 aromatic heterocycles. The Morgan fingerprint density at radius 2 is 2.06 bits per heavy atom. The molecule has 3 aromatic rings. The summed E-state index contributed by atoms with van der Waals surface area (Å²) in [5, 5.41) is 26.6. The van der Waals surface area contributed by atoms with Gasteiger partial charge >= 0.3 is 5.97 Å². The number of nitrogens with one attached hydrogen (secondary N) is 1. The van der Waals surface area contributed by atoms with Gasteiger partial charge in [0.05, 0.1) is 18.5 Å². The highest BCUT2D eigenvalue weighted by molar-refractivity contribution is 7.71. The Labute approximate surface area is 184 Å². The van der Waals surface area contributed by atoms with Crippen molar-refractivity contribution in [2.24, 2.45) is 0 Å². The number of phenols is 1. The number of rotatable bonds is 7. The fourth-order valence-electron chi connectivity index (χ4n) is 3.40. The van der Waals surface area contributed by atoms with Gasteiger partial charge in [-0.05, 0) is 48.0 Å². The second-order valence-electron chi connectivity index (χ2n) is 7.45. The molecule has 31 heavy (non-hydrogen) atoms. The van der Waals surface area contributed by atoms with E-state index >= 15 is 0 Å². The Morgan fingerprint density at radius 1 is 1.35 bits per heavy atom. The van der Waals surface area contributed by atoms with E-state index in [4.69, 9.17) is 27.8 Å². The minimum Gasteiger partial charge on any atom is -0.508 e. The number of hydrogen-bond donors (Lipinski definition) is 4. The molecule has 1 heterocycles. The number of carboxylic acids is 1. The molecule has 5 N–H and O–H groups in total. The van der Waals surface area contributed by atoms with Crippen LogP contribution in [0.2, 0.25) is 0 Å². The number of phenolic OH excluding ortho intramolecular Hbond substituents is 1. The molecule has 0 atom stereocenters. The van der Waals surface area contributed by atoms with Crippen molar-refractivity contribution in [3.63, 3.8) is 0 Å². The lowest BCUT2D eigenvalue weighted by molar-refractivity contribution is -0.135. The number of nitrogen functional groups attached to an aromatic ring is 1. The number of anilines is 2. The molecule has 0 amide bonds. The molecule has 3 rings (SSSR count). The van der Waals surface area contributed by atoms with Crippen molar-refractivity contribution in [2.75, 3.05) is 31.3 Å². The summed E-state index contributed by atoms with van der Waals surface area (Å²) in [5.41, 5.74) is 9.15. The van der Waals surface area contributed by atoms with E-state index in [9.17, 15) is 9.90 Å². The molecule has 164 valence electrons. The summed E-state index contributed by atoms with van der Waals surface area (Å²) in [5.74, 6) is 0.233. The zero-order valence-electron chi connectivity index (χ0n) is 17.7. The zero-order valence-corrected chi connectivity index (χ0v) is 18.5. The van der Waals surface area contributed by atoms with Crippen LogP contribution in [0, 0.1) is 4.77 Å². The lowest BCUT2D eigenvalue weighted by Crippen LogP contribution is -2.25. The molecule has 0 saturated carbocycles. The lowest BCUT2D eigenvalue weighted by Gasteiger charge is -2.21. The van der Waals surface area contributed by atoms with E-state index in [1.165, 1.54) is 13.2 Å². The number of aromatic hydroxyl groups is 1. The molecule has 0 radical (unpaired) electrons. The summed E-state index contributed by atoms with van der Waals surface area (Å²) in [6.07, 6.45) is 0. The molecular weight excluding hydrogens is 418 g/mol. The fraction of sp³-hybridized carbons (Fsp3) is 0.286. The summed E-state index contributed by atoms with van der Waals surface area (Å²) in [6.45, 7) is 3.74. The summed E-state index contributed by atoms with van der Waals surface area (Å²) >= 11 is 5.46. The van der Waals surface area contributed by atoms with Gasteiger partial charge in [0.25, 0.3) is 0 Å². The number of carboxylic acid groups (broad SMARTS) is 1. The van der Waals surface area contributed by atoms with Crippen LogP contribution >= 0.6 is 12.2 Å². The van der Waals surface area contributed by atoms with Crippen molar-refractivity contribution < 1.29 is 19.7 Å². The van der Waals surface area contributed by atoms with E-state index in [1.54, 1.807) is 40.8 Å². The molecule has 0 aliphatic rings. The number of nitrogens with two attached hydrogens (primary N) is 1. The Bertz CT molecular complexity index is 1180. The van der Waals surface area contributed by atoms with Crippen LogP contribution in [0.5, 0.6) is 11.5 Å². The van der Waals surface area contributed by atoms with Gasteiger partial charge < -0.3 is 25.6 Å². The number of carbonyl (C=O) groups is 1. The number of hydrogen-bond acceptors (Lipinski definition) is 7. The van der Waals surface area contributed by atoms with Crippen LogP contribution in [0.3, 0.4) is 0 Å². The Morgan fingerprint density at radius 3 is 2.68 bits per heavy atom.